The normalized spacial score (nSPS) is 31.5. The minimum atomic E-state index is -0.892. The highest BCUT2D eigenvalue weighted by molar-refractivity contribution is 6.05. The number of likely N-dealkylation sites (tertiary alicyclic amines) is 1. The lowest BCUT2D eigenvalue weighted by Crippen LogP contribution is -2.49. The Kier molecular flexibility index (Phi) is 2.72. The fourth-order valence-electron chi connectivity index (χ4n) is 2.53. The first-order valence-corrected chi connectivity index (χ1v) is 5.98. The maximum Gasteiger partial charge on any atom is 0.311 e. The summed E-state index contributed by atoms with van der Waals surface area (Å²) in [6.45, 7) is 3.49. The molecule has 1 saturated carbocycles. The standard InChI is InChI=1S/C12H17NO4/c1-7-8(2)10(15)13(9(7)14)6-12(11(16)17)4-3-5-12/h7-8H,3-6H2,1-2H3,(H,16,17). The predicted octanol–water partition coefficient (Wildman–Crippen LogP) is 0.882. The molecule has 0 aromatic carbocycles. The van der Waals surface area contributed by atoms with Crippen molar-refractivity contribution in [2.45, 2.75) is 33.1 Å². The molecule has 0 aromatic rings. The molecule has 2 unspecified atom stereocenters. The van der Waals surface area contributed by atoms with E-state index >= 15 is 0 Å². The average Bonchev–Trinajstić information content (AvgIpc) is 2.39. The van der Waals surface area contributed by atoms with Gasteiger partial charge in [-0.3, -0.25) is 19.3 Å². The molecule has 94 valence electrons. The van der Waals surface area contributed by atoms with Crippen molar-refractivity contribution in [3.8, 4) is 0 Å². The van der Waals surface area contributed by atoms with Crippen LogP contribution in [-0.2, 0) is 14.4 Å². The van der Waals surface area contributed by atoms with E-state index in [0.29, 0.717) is 12.8 Å². The molecule has 2 atom stereocenters. The van der Waals surface area contributed by atoms with Crippen molar-refractivity contribution >= 4 is 17.8 Å². The molecular formula is C12H17NO4. The minimum Gasteiger partial charge on any atom is -0.481 e. The molecule has 2 rings (SSSR count). The van der Waals surface area contributed by atoms with Gasteiger partial charge in [0, 0.05) is 18.4 Å². The maximum absolute atomic E-state index is 11.9. The molecule has 1 aliphatic carbocycles. The van der Waals surface area contributed by atoms with E-state index in [-0.39, 0.29) is 30.2 Å². The number of hydrogen-bond donors (Lipinski definition) is 1. The van der Waals surface area contributed by atoms with Crippen molar-refractivity contribution in [3.05, 3.63) is 0 Å². The van der Waals surface area contributed by atoms with Gasteiger partial charge in [-0.05, 0) is 12.8 Å². The Hall–Kier alpha value is -1.39. The summed E-state index contributed by atoms with van der Waals surface area (Å²) in [4.78, 5) is 36.1. The van der Waals surface area contributed by atoms with Crippen LogP contribution in [0.25, 0.3) is 0 Å². The lowest BCUT2D eigenvalue weighted by molar-refractivity contribution is -0.159. The molecule has 0 spiro atoms. The first kappa shape index (κ1) is 12.1. The highest BCUT2D eigenvalue weighted by Gasteiger charge is 2.51. The Morgan fingerprint density at radius 3 is 2.06 bits per heavy atom. The second-order valence-electron chi connectivity index (χ2n) is 5.28. The molecule has 1 aliphatic heterocycles. The van der Waals surface area contributed by atoms with Crippen molar-refractivity contribution in [2.75, 3.05) is 6.54 Å². The molecule has 5 heteroatoms. The molecule has 2 amide bonds. The van der Waals surface area contributed by atoms with Crippen LogP contribution in [0.2, 0.25) is 0 Å². The predicted molar refractivity (Wildman–Crippen MR) is 59.0 cm³/mol. The van der Waals surface area contributed by atoms with Gasteiger partial charge in [-0.25, -0.2) is 0 Å². The van der Waals surface area contributed by atoms with Crippen LogP contribution < -0.4 is 0 Å². The van der Waals surface area contributed by atoms with Crippen LogP contribution in [0, 0.1) is 17.3 Å². The van der Waals surface area contributed by atoms with Gasteiger partial charge < -0.3 is 5.11 Å². The van der Waals surface area contributed by atoms with E-state index < -0.39 is 11.4 Å². The fraction of sp³-hybridized carbons (Fsp3) is 0.750. The number of hydrogen-bond acceptors (Lipinski definition) is 3. The lowest BCUT2D eigenvalue weighted by atomic mass is 9.68. The number of aliphatic carboxylic acids is 1. The van der Waals surface area contributed by atoms with Crippen LogP contribution in [0.4, 0.5) is 0 Å². The maximum atomic E-state index is 11.9. The number of carboxylic acids is 1. The van der Waals surface area contributed by atoms with Crippen molar-refractivity contribution in [3.63, 3.8) is 0 Å². The molecule has 1 N–H and O–H groups in total. The third-order valence-electron chi connectivity index (χ3n) is 4.29. The highest BCUT2D eigenvalue weighted by atomic mass is 16.4. The number of carbonyl (C=O) groups is 3. The fourth-order valence-corrected chi connectivity index (χ4v) is 2.53. The van der Waals surface area contributed by atoms with Crippen LogP contribution >= 0.6 is 0 Å². The number of imide groups is 1. The van der Waals surface area contributed by atoms with Gasteiger partial charge in [-0.1, -0.05) is 20.3 Å². The second kappa shape index (κ2) is 3.82. The van der Waals surface area contributed by atoms with E-state index in [9.17, 15) is 19.5 Å². The summed E-state index contributed by atoms with van der Waals surface area (Å²) in [5, 5.41) is 9.20. The van der Waals surface area contributed by atoms with Crippen LogP contribution in [0.3, 0.4) is 0 Å². The first-order chi connectivity index (χ1) is 7.89. The SMILES string of the molecule is CC1C(=O)N(CC2(C(=O)O)CCC2)C(=O)C1C. The summed E-state index contributed by atoms with van der Waals surface area (Å²) in [7, 11) is 0. The van der Waals surface area contributed by atoms with Crippen molar-refractivity contribution in [1.82, 2.24) is 4.90 Å². The monoisotopic (exact) mass is 239 g/mol. The third kappa shape index (κ3) is 1.64. The lowest BCUT2D eigenvalue weighted by Gasteiger charge is -2.39. The van der Waals surface area contributed by atoms with Crippen LogP contribution in [-0.4, -0.2) is 34.3 Å². The topological polar surface area (TPSA) is 74.7 Å². The Morgan fingerprint density at radius 1 is 1.29 bits per heavy atom. The van der Waals surface area contributed by atoms with Crippen molar-refractivity contribution < 1.29 is 19.5 Å². The molecule has 1 heterocycles. The van der Waals surface area contributed by atoms with Crippen molar-refractivity contribution in [2.24, 2.45) is 17.3 Å². The van der Waals surface area contributed by atoms with Crippen LogP contribution in [0.5, 0.6) is 0 Å². The zero-order valence-electron chi connectivity index (χ0n) is 10.1. The van der Waals surface area contributed by atoms with Gasteiger partial charge in [0.2, 0.25) is 11.8 Å². The van der Waals surface area contributed by atoms with Gasteiger partial charge in [-0.15, -0.1) is 0 Å². The Morgan fingerprint density at radius 2 is 1.76 bits per heavy atom. The van der Waals surface area contributed by atoms with Crippen LogP contribution in [0.15, 0.2) is 0 Å². The summed E-state index contributed by atoms with van der Waals surface area (Å²) < 4.78 is 0. The second-order valence-corrected chi connectivity index (χ2v) is 5.28. The molecular weight excluding hydrogens is 222 g/mol. The summed E-state index contributed by atoms with van der Waals surface area (Å²) in [6, 6.07) is 0. The van der Waals surface area contributed by atoms with E-state index in [1.165, 1.54) is 0 Å². The Bertz CT molecular complexity index is 366. The van der Waals surface area contributed by atoms with E-state index in [0.717, 1.165) is 11.3 Å². The smallest absolute Gasteiger partial charge is 0.311 e. The zero-order chi connectivity index (χ0) is 12.8. The summed E-state index contributed by atoms with van der Waals surface area (Å²) >= 11 is 0. The Labute approximate surface area is 99.8 Å². The molecule has 2 aliphatic rings. The number of carboxylic acid groups (broad SMARTS) is 1. The molecule has 1 saturated heterocycles. The van der Waals surface area contributed by atoms with Gasteiger partial charge in [0.1, 0.15) is 0 Å². The number of amides is 2. The molecule has 0 aromatic heterocycles. The molecule has 5 nitrogen and oxygen atoms in total. The third-order valence-corrected chi connectivity index (χ3v) is 4.29. The first-order valence-electron chi connectivity index (χ1n) is 5.98. The minimum absolute atomic E-state index is 0.0503. The van der Waals surface area contributed by atoms with E-state index in [1.807, 2.05) is 0 Å². The van der Waals surface area contributed by atoms with Gasteiger partial charge in [0.05, 0.1) is 5.41 Å². The molecule has 0 bridgehead atoms. The van der Waals surface area contributed by atoms with E-state index in [2.05, 4.69) is 0 Å². The molecule has 2 fully saturated rings. The zero-order valence-corrected chi connectivity index (χ0v) is 10.1. The van der Waals surface area contributed by atoms with Gasteiger partial charge in [0.25, 0.3) is 0 Å². The van der Waals surface area contributed by atoms with E-state index in [4.69, 9.17) is 0 Å². The summed E-state index contributed by atoms with van der Waals surface area (Å²) in [5.74, 6) is -2.00. The number of rotatable bonds is 3. The summed E-state index contributed by atoms with van der Waals surface area (Å²) in [6.07, 6.45) is 1.97. The van der Waals surface area contributed by atoms with Crippen LogP contribution in [0.1, 0.15) is 33.1 Å². The number of carbonyl (C=O) groups excluding carboxylic acids is 2. The summed E-state index contributed by atoms with van der Waals surface area (Å²) in [5.41, 5.74) is -0.880. The quantitative estimate of drug-likeness (QED) is 0.742. The largest absolute Gasteiger partial charge is 0.481 e. The van der Waals surface area contributed by atoms with E-state index in [1.54, 1.807) is 13.8 Å². The Balaban J connectivity index is 2.16. The average molecular weight is 239 g/mol. The van der Waals surface area contributed by atoms with Gasteiger partial charge in [-0.2, -0.15) is 0 Å². The van der Waals surface area contributed by atoms with Gasteiger partial charge in [0.15, 0.2) is 0 Å². The van der Waals surface area contributed by atoms with Crippen molar-refractivity contribution in [1.29, 1.82) is 0 Å². The van der Waals surface area contributed by atoms with Gasteiger partial charge >= 0.3 is 5.97 Å². The molecule has 0 radical (unpaired) electrons. The molecule has 17 heavy (non-hydrogen) atoms. The highest BCUT2D eigenvalue weighted by Crippen LogP contribution is 2.43. The number of nitrogens with zero attached hydrogens (tertiary/aromatic N) is 1.